The summed E-state index contributed by atoms with van der Waals surface area (Å²) in [5.74, 6) is -0.347. The minimum Gasteiger partial charge on any atom is -0.406 e. The van der Waals surface area contributed by atoms with E-state index in [9.17, 15) is 18.0 Å². The number of benzene rings is 1. The van der Waals surface area contributed by atoms with Gasteiger partial charge in [0.2, 0.25) is 0 Å². The van der Waals surface area contributed by atoms with Crippen molar-refractivity contribution in [3.8, 4) is 11.4 Å². The van der Waals surface area contributed by atoms with Crippen LogP contribution in [0.15, 0.2) is 47.4 Å². The quantitative estimate of drug-likeness (QED) is 0.911. The van der Waals surface area contributed by atoms with E-state index in [1.165, 1.54) is 35.0 Å². The maximum Gasteiger partial charge on any atom is 0.573 e. The number of halogens is 3. The van der Waals surface area contributed by atoms with Crippen LogP contribution in [0.1, 0.15) is 0 Å². The second kappa shape index (κ2) is 4.68. The largest absolute Gasteiger partial charge is 0.573 e. The Morgan fingerprint density at radius 3 is 2.26 bits per heavy atom. The molecule has 1 aromatic heterocycles. The first-order valence-electron chi connectivity index (χ1n) is 5.19. The number of nitrogen functional groups attached to an aromatic ring is 1. The number of hydrogen-bond donors (Lipinski definition) is 1. The van der Waals surface area contributed by atoms with Crippen LogP contribution in [0.25, 0.3) is 5.69 Å². The van der Waals surface area contributed by atoms with Crippen LogP contribution in [0.4, 0.5) is 18.9 Å². The Bertz CT molecular complexity index is 633. The topological polar surface area (TPSA) is 57.2 Å². The lowest BCUT2D eigenvalue weighted by Gasteiger charge is -2.10. The van der Waals surface area contributed by atoms with Crippen LogP contribution in [-0.4, -0.2) is 10.9 Å². The Morgan fingerprint density at radius 1 is 1.11 bits per heavy atom. The van der Waals surface area contributed by atoms with Crippen molar-refractivity contribution < 1.29 is 17.9 Å². The number of aromatic nitrogens is 1. The van der Waals surface area contributed by atoms with E-state index >= 15 is 0 Å². The normalized spacial score (nSPS) is 11.3. The SMILES string of the molecule is Nc1ccn(-c2ccc(OC(F)(F)F)cc2)c(=O)c1. The number of pyridine rings is 1. The zero-order chi connectivity index (χ0) is 14.0. The fourth-order valence-electron chi connectivity index (χ4n) is 1.52. The summed E-state index contributed by atoms with van der Waals surface area (Å²) >= 11 is 0. The van der Waals surface area contributed by atoms with Crippen LogP contribution in [0.2, 0.25) is 0 Å². The average Bonchev–Trinajstić information content (AvgIpc) is 2.28. The third-order valence-electron chi connectivity index (χ3n) is 2.29. The highest BCUT2D eigenvalue weighted by atomic mass is 19.4. The van der Waals surface area contributed by atoms with Crippen molar-refractivity contribution in [3.05, 3.63) is 52.9 Å². The zero-order valence-corrected chi connectivity index (χ0v) is 9.52. The molecule has 0 saturated carbocycles. The highest BCUT2D eigenvalue weighted by molar-refractivity contribution is 5.41. The lowest BCUT2D eigenvalue weighted by molar-refractivity contribution is -0.274. The van der Waals surface area contributed by atoms with Crippen molar-refractivity contribution in [1.82, 2.24) is 4.57 Å². The van der Waals surface area contributed by atoms with E-state index in [-0.39, 0.29) is 11.3 Å². The van der Waals surface area contributed by atoms with Gasteiger partial charge in [-0.2, -0.15) is 0 Å². The molecule has 0 fully saturated rings. The van der Waals surface area contributed by atoms with Gasteiger partial charge in [0.15, 0.2) is 0 Å². The molecule has 19 heavy (non-hydrogen) atoms. The summed E-state index contributed by atoms with van der Waals surface area (Å²) in [4.78, 5) is 11.6. The smallest absolute Gasteiger partial charge is 0.406 e. The monoisotopic (exact) mass is 270 g/mol. The summed E-state index contributed by atoms with van der Waals surface area (Å²) in [6.07, 6.45) is -3.29. The molecule has 4 nitrogen and oxygen atoms in total. The van der Waals surface area contributed by atoms with Gasteiger partial charge in [-0.1, -0.05) is 0 Å². The van der Waals surface area contributed by atoms with Gasteiger partial charge in [-0.3, -0.25) is 9.36 Å². The van der Waals surface area contributed by atoms with Crippen LogP contribution >= 0.6 is 0 Å². The van der Waals surface area contributed by atoms with Crippen molar-refractivity contribution >= 4 is 5.69 Å². The van der Waals surface area contributed by atoms with E-state index in [1.54, 1.807) is 0 Å². The summed E-state index contributed by atoms with van der Waals surface area (Å²) in [6, 6.07) is 7.69. The van der Waals surface area contributed by atoms with Crippen molar-refractivity contribution in [1.29, 1.82) is 0 Å². The molecule has 0 aliphatic heterocycles. The Labute approximate surface area is 105 Å². The van der Waals surface area contributed by atoms with Crippen LogP contribution in [-0.2, 0) is 0 Å². The molecule has 0 unspecified atom stereocenters. The first-order chi connectivity index (χ1) is 8.85. The Kier molecular flexibility index (Phi) is 3.20. The number of alkyl halides is 3. The summed E-state index contributed by atoms with van der Waals surface area (Å²) < 4.78 is 40.9. The minimum atomic E-state index is -4.74. The molecule has 0 spiro atoms. The Balaban J connectivity index is 2.30. The fourth-order valence-corrected chi connectivity index (χ4v) is 1.52. The van der Waals surface area contributed by atoms with E-state index in [0.717, 1.165) is 12.1 Å². The summed E-state index contributed by atoms with van der Waals surface area (Å²) in [6.45, 7) is 0. The molecule has 0 radical (unpaired) electrons. The number of ether oxygens (including phenoxy) is 1. The van der Waals surface area contributed by atoms with Gasteiger partial charge in [-0.25, -0.2) is 0 Å². The zero-order valence-electron chi connectivity index (χ0n) is 9.52. The van der Waals surface area contributed by atoms with Gasteiger partial charge in [-0.15, -0.1) is 13.2 Å². The fraction of sp³-hybridized carbons (Fsp3) is 0.0833. The van der Waals surface area contributed by atoms with Gasteiger partial charge >= 0.3 is 6.36 Å². The molecule has 1 aromatic carbocycles. The number of nitrogens with two attached hydrogens (primary N) is 1. The van der Waals surface area contributed by atoms with Gasteiger partial charge in [0.1, 0.15) is 5.75 Å². The van der Waals surface area contributed by atoms with Crippen LogP contribution < -0.4 is 16.0 Å². The molecular formula is C12H9F3N2O2. The van der Waals surface area contributed by atoms with Crippen LogP contribution in [0.5, 0.6) is 5.75 Å². The van der Waals surface area contributed by atoms with Crippen LogP contribution in [0.3, 0.4) is 0 Å². The van der Waals surface area contributed by atoms with Crippen molar-refractivity contribution in [3.63, 3.8) is 0 Å². The van der Waals surface area contributed by atoms with E-state index < -0.39 is 6.36 Å². The maximum atomic E-state index is 12.0. The third-order valence-corrected chi connectivity index (χ3v) is 2.29. The first kappa shape index (κ1) is 13.0. The highest BCUT2D eigenvalue weighted by Crippen LogP contribution is 2.23. The number of hydrogen-bond acceptors (Lipinski definition) is 3. The summed E-state index contributed by atoms with van der Waals surface area (Å²) in [5, 5.41) is 0. The van der Waals surface area contributed by atoms with Crippen LogP contribution in [0, 0.1) is 0 Å². The second-order valence-electron chi connectivity index (χ2n) is 3.71. The molecule has 1 heterocycles. The third kappa shape index (κ3) is 3.27. The summed E-state index contributed by atoms with van der Waals surface area (Å²) in [5.41, 5.74) is 5.80. The predicted octanol–water partition coefficient (Wildman–Crippen LogP) is 2.32. The molecule has 0 saturated heterocycles. The molecule has 0 bridgehead atoms. The molecular weight excluding hydrogens is 261 g/mol. The van der Waals surface area contributed by atoms with Gasteiger partial charge < -0.3 is 10.5 Å². The second-order valence-corrected chi connectivity index (χ2v) is 3.71. The molecule has 0 atom stereocenters. The van der Waals surface area contributed by atoms with Crippen molar-refractivity contribution in [2.45, 2.75) is 6.36 Å². The summed E-state index contributed by atoms with van der Waals surface area (Å²) in [7, 11) is 0. The lowest BCUT2D eigenvalue weighted by Crippen LogP contribution is -2.18. The van der Waals surface area contributed by atoms with E-state index in [0.29, 0.717) is 11.4 Å². The van der Waals surface area contributed by atoms with E-state index in [1.807, 2.05) is 0 Å². The molecule has 100 valence electrons. The molecule has 0 aliphatic carbocycles. The van der Waals surface area contributed by atoms with Gasteiger partial charge in [0, 0.05) is 23.6 Å². The van der Waals surface area contributed by atoms with Gasteiger partial charge in [0.25, 0.3) is 5.56 Å². The molecule has 7 heteroatoms. The van der Waals surface area contributed by atoms with Crippen molar-refractivity contribution in [2.24, 2.45) is 0 Å². The van der Waals surface area contributed by atoms with E-state index in [2.05, 4.69) is 4.74 Å². The molecule has 2 N–H and O–H groups in total. The van der Waals surface area contributed by atoms with Crippen molar-refractivity contribution in [2.75, 3.05) is 5.73 Å². The standard InChI is InChI=1S/C12H9F3N2O2/c13-12(14,15)19-10-3-1-9(2-4-10)17-6-5-8(16)7-11(17)18/h1-7H,16H2. The lowest BCUT2D eigenvalue weighted by atomic mass is 10.3. The van der Waals surface area contributed by atoms with Gasteiger partial charge in [-0.05, 0) is 30.3 Å². The number of rotatable bonds is 2. The average molecular weight is 270 g/mol. The molecule has 0 amide bonds. The molecule has 2 rings (SSSR count). The minimum absolute atomic E-state index is 0.318. The van der Waals surface area contributed by atoms with Gasteiger partial charge in [0.05, 0.1) is 0 Å². The molecule has 0 aliphatic rings. The number of anilines is 1. The van der Waals surface area contributed by atoms with E-state index in [4.69, 9.17) is 5.73 Å². The Hall–Kier alpha value is -2.44. The molecule has 2 aromatic rings. The maximum absolute atomic E-state index is 12.0. The highest BCUT2D eigenvalue weighted by Gasteiger charge is 2.30. The Morgan fingerprint density at radius 2 is 1.74 bits per heavy atom. The first-order valence-corrected chi connectivity index (χ1v) is 5.19. The predicted molar refractivity (Wildman–Crippen MR) is 63.1 cm³/mol. The number of nitrogens with zero attached hydrogens (tertiary/aromatic N) is 1.